The first-order valence-electron chi connectivity index (χ1n) is 8.18. The summed E-state index contributed by atoms with van der Waals surface area (Å²) in [5, 5.41) is 6.61. The smallest absolute Gasteiger partial charge is 0.229 e. The number of likely N-dealkylation sites (tertiary alicyclic amines) is 1. The first kappa shape index (κ1) is 13.1. The van der Waals surface area contributed by atoms with Crippen molar-refractivity contribution in [2.45, 2.75) is 43.7 Å². The summed E-state index contributed by atoms with van der Waals surface area (Å²) in [6.07, 6.45) is 4.96. The average molecular weight is 285 g/mol. The predicted molar refractivity (Wildman–Crippen MR) is 83.4 cm³/mol. The molecule has 1 saturated heterocycles. The topological polar surface area (TPSA) is 44.4 Å². The molecule has 1 saturated carbocycles. The standard InChI is InChI=1S/C17H23N3O/c21-17(15-11-18-16-4-2-1-3-14(15)16)19-12-7-9-20(10-8-12)13-5-6-13/h1-4,12-13,15,18H,5-11H2,(H,19,21). The van der Waals surface area contributed by atoms with Crippen LogP contribution in [0.5, 0.6) is 0 Å². The van der Waals surface area contributed by atoms with Crippen LogP contribution in [0.15, 0.2) is 24.3 Å². The Bertz CT molecular complexity index is 533. The molecule has 2 fully saturated rings. The van der Waals surface area contributed by atoms with Crippen molar-refractivity contribution in [1.82, 2.24) is 10.2 Å². The molecule has 1 unspecified atom stereocenters. The van der Waals surface area contributed by atoms with Gasteiger partial charge in [0.1, 0.15) is 0 Å². The highest BCUT2D eigenvalue weighted by molar-refractivity contribution is 5.88. The maximum absolute atomic E-state index is 12.5. The summed E-state index contributed by atoms with van der Waals surface area (Å²) < 4.78 is 0. The van der Waals surface area contributed by atoms with Crippen molar-refractivity contribution in [2.24, 2.45) is 0 Å². The number of nitrogens with one attached hydrogen (secondary N) is 2. The number of rotatable bonds is 3. The molecule has 2 N–H and O–H groups in total. The van der Waals surface area contributed by atoms with Gasteiger partial charge in [0.2, 0.25) is 5.91 Å². The van der Waals surface area contributed by atoms with Crippen LogP contribution in [0.4, 0.5) is 5.69 Å². The van der Waals surface area contributed by atoms with Gasteiger partial charge in [0, 0.05) is 37.4 Å². The van der Waals surface area contributed by atoms with Crippen LogP contribution >= 0.6 is 0 Å². The van der Waals surface area contributed by atoms with Crippen LogP contribution in [0, 0.1) is 0 Å². The highest BCUT2D eigenvalue weighted by Gasteiger charge is 2.34. The Morgan fingerprint density at radius 2 is 1.90 bits per heavy atom. The van der Waals surface area contributed by atoms with E-state index in [0.29, 0.717) is 6.04 Å². The Kier molecular flexibility index (Phi) is 3.34. The first-order valence-corrected chi connectivity index (χ1v) is 8.18. The summed E-state index contributed by atoms with van der Waals surface area (Å²) in [5.74, 6) is 0.167. The minimum Gasteiger partial charge on any atom is -0.384 e. The van der Waals surface area contributed by atoms with Gasteiger partial charge in [-0.05, 0) is 37.3 Å². The summed E-state index contributed by atoms with van der Waals surface area (Å²) in [6, 6.07) is 9.36. The van der Waals surface area contributed by atoms with Crippen LogP contribution in [-0.4, -0.2) is 42.5 Å². The minimum atomic E-state index is -0.0253. The van der Waals surface area contributed by atoms with Crippen LogP contribution in [0.25, 0.3) is 0 Å². The number of nitrogens with zero attached hydrogens (tertiary/aromatic N) is 1. The fourth-order valence-corrected chi connectivity index (χ4v) is 3.67. The molecule has 2 heterocycles. The third-order valence-electron chi connectivity index (χ3n) is 5.09. The van der Waals surface area contributed by atoms with Crippen LogP contribution in [0.3, 0.4) is 0 Å². The number of para-hydroxylation sites is 1. The lowest BCUT2D eigenvalue weighted by molar-refractivity contribution is -0.123. The summed E-state index contributed by atoms with van der Waals surface area (Å²) in [5.41, 5.74) is 2.26. The number of carbonyl (C=O) groups excluding carboxylic acids is 1. The van der Waals surface area contributed by atoms with E-state index in [2.05, 4.69) is 27.7 Å². The summed E-state index contributed by atoms with van der Waals surface area (Å²) in [4.78, 5) is 15.1. The monoisotopic (exact) mass is 285 g/mol. The van der Waals surface area contributed by atoms with Gasteiger partial charge in [0.15, 0.2) is 0 Å². The number of amides is 1. The van der Waals surface area contributed by atoms with Gasteiger partial charge in [-0.15, -0.1) is 0 Å². The molecular weight excluding hydrogens is 262 g/mol. The Morgan fingerprint density at radius 3 is 2.67 bits per heavy atom. The average Bonchev–Trinajstić information content (AvgIpc) is 3.27. The van der Waals surface area contributed by atoms with Gasteiger partial charge in [-0.3, -0.25) is 4.79 Å². The zero-order chi connectivity index (χ0) is 14.2. The lowest BCUT2D eigenvalue weighted by atomic mass is 9.98. The van der Waals surface area contributed by atoms with Gasteiger partial charge in [-0.2, -0.15) is 0 Å². The molecule has 3 aliphatic rings. The summed E-state index contributed by atoms with van der Waals surface area (Å²) >= 11 is 0. The normalized spacial score (nSPS) is 26.2. The lowest BCUT2D eigenvalue weighted by Crippen LogP contribution is -2.46. The molecule has 1 aromatic carbocycles. The number of carbonyl (C=O) groups is 1. The van der Waals surface area contributed by atoms with E-state index in [1.807, 2.05) is 12.1 Å². The molecule has 4 nitrogen and oxygen atoms in total. The molecule has 0 bridgehead atoms. The Labute approximate surface area is 125 Å². The maximum atomic E-state index is 12.5. The molecular formula is C17H23N3O. The molecule has 112 valence electrons. The van der Waals surface area contributed by atoms with E-state index in [1.165, 1.54) is 12.8 Å². The van der Waals surface area contributed by atoms with E-state index in [0.717, 1.165) is 49.8 Å². The second kappa shape index (κ2) is 5.34. The van der Waals surface area contributed by atoms with Gasteiger partial charge >= 0.3 is 0 Å². The van der Waals surface area contributed by atoms with Gasteiger partial charge in [-0.25, -0.2) is 0 Å². The van der Waals surface area contributed by atoms with E-state index >= 15 is 0 Å². The molecule has 1 aliphatic carbocycles. The molecule has 21 heavy (non-hydrogen) atoms. The van der Waals surface area contributed by atoms with Crippen molar-refractivity contribution < 1.29 is 4.79 Å². The van der Waals surface area contributed by atoms with E-state index in [-0.39, 0.29) is 11.8 Å². The zero-order valence-electron chi connectivity index (χ0n) is 12.3. The molecule has 4 rings (SSSR count). The maximum Gasteiger partial charge on any atom is 0.229 e. The second-order valence-corrected chi connectivity index (χ2v) is 6.57. The second-order valence-electron chi connectivity index (χ2n) is 6.57. The lowest BCUT2D eigenvalue weighted by Gasteiger charge is -2.32. The highest BCUT2D eigenvalue weighted by atomic mass is 16.2. The molecule has 0 aromatic heterocycles. The van der Waals surface area contributed by atoms with Crippen molar-refractivity contribution in [1.29, 1.82) is 0 Å². The molecule has 0 spiro atoms. The van der Waals surface area contributed by atoms with Crippen molar-refractivity contribution in [3.63, 3.8) is 0 Å². The summed E-state index contributed by atoms with van der Waals surface area (Å²) in [7, 11) is 0. The zero-order valence-corrected chi connectivity index (χ0v) is 12.3. The third kappa shape index (κ3) is 2.64. The van der Waals surface area contributed by atoms with Gasteiger partial charge < -0.3 is 15.5 Å². The van der Waals surface area contributed by atoms with Crippen LogP contribution in [-0.2, 0) is 4.79 Å². The summed E-state index contributed by atoms with van der Waals surface area (Å²) in [6.45, 7) is 3.02. The predicted octanol–water partition coefficient (Wildman–Crippen LogP) is 1.94. The van der Waals surface area contributed by atoms with Gasteiger partial charge in [0.25, 0.3) is 0 Å². The van der Waals surface area contributed by atoms with Gasteiger partial charge in [0.05, 0.1) is 5.92 Å². The molecule has 2 aliphatic heterocycles. The SMILES string of the molecule is O=C(NC1CCN(C2CC2)CC1)C1CNc2ccccc21. The first-order chi connectivity index (χ1) is 10.3. The Balaban J connectivity index is 1.34. The van der Waals surface area contributed by atoms with E-state index < -0.39 is 0 Å². The highest BCUT2D eigenvalue weighted by Crippen LogP contribution is 2.32. The number of fused-ring (bicyclic) bond motifs is 1. The number of hydrogen-bond acceptors (Lipinski definition) is 3. The van der Waals surface area contributed by atoms with Crippen molar-refractivity contribution in [3.05, 3.63) is 29.8 Å². The Hall–Kier alpha value is -1.55. The number of benzene rings is 1. The number of anilines is 1. The van der Waals surface area contributed by atoms with E-state index in [4.69, 9.17) is 0 Å². The van der Waals surface area contributed by atoms with Gasteiger partial charge in [-0.1, -0.05) is 18.2 Å². The largest absolute Gasteiger partial charge is 0.384 e. The molecule has 1 amide bonds. The third-order valence-corrected chi connectivity index (χ3v) is 5.09. The molecule has 4 heteroatoms. The fraction of sp³-hybridized carbons (Fsp3) is 0.588. The van der Waals surface area contributed by atoms with Crippen molar-refractivity contribution in [2.75, 3.05) is 25.0 Å². The number of hydrogen-bond donors (Lipinski definition) is 2. The van der Waals surface area contributed by atoms with Crippen LogP contribution in [0.2, 0.25) is 0 Å². The van der Waals surface area contributed by atoms with Crippen molar-refractivity contribution in [3.8, 4) is 0 Å². The Morgan fingerprint density at radius 1 is 1.14 bits per heavy atom. The van der Waals surface area contributed by atoms with E-state index in [1.54, 1.807) is 0 Å². The quantitative estimate of drug-likeness (QED) is 0.892. The van der Waals surface area contributed by atoms with Crippen LogP contribution in [0.1, 0.15) is 37.2 Å². The van der Waals surface area contributed by atoms with Crippen molar-refractivity contribution >= 4 is 11.6 Å². The molecule has 1 aromatic rings. The fourth-order valence-electron chi connectivity index (χ4n) is 3.67. The van der Waals surface area contributed by atoms with Crippen LogP contribution < -0.4 is 10.6 Å². The molecule has 1 atom stereocenters. The molecule has 0 radical (unpaired) electrons. The minimum absolute atomic E-state index is 0.0253. The number of piperidine rings is 1. The van der Waals surface area contributed by atoms with E-state index in [9.17, 15) is 4.79 Å².